The predicted octanol–water partition coefficient (Wildman–Crippen LogP) is 1.76. The number of carbonyl (C=O) groups excluding carboxylic acids is 1. The lowest BCUT2D eigenvalue weighted by Crippen LogP contribution is -2.24. The van der Waals surface area contributed by atoms with Gasteiger partial charge in [0.1, 0.15) is 16.8 Å². The van der Waals surface area contributed by atoms with Crippen LogP contribution in [0, 0.1) is 0 Å². The number of amides is 1. The third kappa shape index (κ3) is 4.99. The first-order valence-corrected chi connectivity index (χ1v) is 5.97. The summed E-state index contributed by atoms with van der Waals surface area (Å²) in [7, 11) is 0. The van der Waals surface area contributed by atoms with Gasteiger partial charge in [-0.25, -0.2) is 9.97 Å². The van der Waals surface area contributed by atoms with Crippen molar-refractivity contribution >= 4 is 23.3 Å². The van der Waals surface area contributed by atoms with Crippen molar-refractivity contribution in [3.05, 3.63) is 17.0 Å². The van der Waals surface area contributed by atoms with Gasteiger partial charge in [-0.3, -0.25) is 4.79 Å². The highest BCUT2D eigenvalue weighted by Crippen LogP contribution is 2.14. The first-order chi connectivity index (χ1) is 8.01. The summed E-state index contributed by atoms with van der Waals surface area (Å²) in [4.78, 5) is 19.2. The van der Waals surface area contributed by atoms with Gasteiger partial charge >= 0.3 is 0 Å². The molecule has 1 aromatic heterocycles. The van der Waals surface area contributed by atoms with Crippen LogP contribution in [0.2, 0.25) is 5.15 Å². The van der Waals surface area contributed by atoms with Crippen LogP contribution in [-0.2, 0) is 11.2 Å². The lowest BCUT2D eigenvalue weighted by Gasteiger charge is -2.13. The van der Waals surface area contributed by atoms with Gasteiger partial charge in [0.05, 0.1) is 0 Å². The molecule has 0 aromatic carbocycles. The van der Waals surface area contributed by atoms with Crippen LogP contribution in [0.25, 0.3) is 0 Å². The van der Waals surface area contributed by atoms with Gasteiger partial charge in [0, 0.05) is 24.9 Å². The summed E-state index contributed by atoms with van der Waals surface area (Å²) in [6, 6.07) is 1.56. The van der Waals surface area contributed by atoms with Gasteiger partial charge in [0.2, 0.25) is 5.91 Å². The van der Waals surface area contributed by atoms with Gasteiger partial charge < -0.3 is 11.1 Å². The zero-order chi connectivity index (χ0) is 12.8. The molecule has 0 saturated heterocycles. The van der Waals surface area contributed by atoms with E-state index in [-0.39, 0.29) is 18.4 Å². The summed E-state index contributed by atoms with van der Waals surface area (Å²) in [5.41, 5.74) is 5.12. The number of hydrogen-bond acceptors (Lipinski definition) is 4. The largest absolute Gasteiger partial charge is 0.370 e. The molecule has 0 aliphatic rings. The number of primary amides is 1. The monoisotopic (exact) mass is 256 g/mol. The molecule has 1 amide bonds. The summed E-state index contributed by atoms with van der Waals surface area (Å²) in [5.74, 6) is 0.981. The van der Waals surface area contributed by atoms with Crippen molar-refractivity contribution in [2.45, 2.75) is 39.2 Å². The Labute approximate surface area is 106 Å². The van der Waals surface area contributed by atoms with Gasteiger partial charge in [0.25, 0.3) is 0 Å². The zero-order valence-electron chi connectivity index (χ0n) is 10.0. The molecule has 0 aliphatic heterocycles. The molecule has 0 spiro atoms. The average Bonchev–Trinajstić information content (AvgIpc) is 2.14. The second kappa shape index (κ2) is 6.39. The molecule has 6 heteroatoms. The van der Waals surface area contributed by atoms with E-state index >= 15 is 0 Å². The molecule has 1 aromatic rings. The van der Waals surface area contributed by atoms with Crippen LogP contribution in [-0.4, -0.2) is 21.9 Å². The van der Waals surface area contributed by atoms with E-state index in [4.69, 9.17) is 17.3 Å². The van der Waals surface area contributed by atoms with Gasteiger partial charge in [-0.05, 0) is 13.3 Å². The lowest BCUT2D eigenvalue weighted by atomic mass is 10.2. The molecular formula is C11H17ClN4O. The topological polar surface area (TPSA) is 80.9 Å². The predicted molar refractivity (Wildman–Crippen MR) is 67.9 cm³/mol. The maximum Gasteiger partial charge on any atom is 0.219 e. The molecule has 0 fully saturated rings. The van der Waals surface area contributed by atoms with E-state index in [2.05, 4.69) is 15.3 Å². The summed E-state index contributed by atoms with van der Waals surface area (Å²) in [5, 5.41) is 3.48. The van der Waals surface area contributed by atoms with E-state index in [1.807, 2.05) is 13.8 Å². The van der Waals surface area contributed by atoms with Gasteiger partial charge in [0.15, 0.2) is 0 Å². The van der Waals surface area contributed by atoms with Crippen molar-refractivity contribution in [2.24, 2.45) is 5.73 Å². The maximum atomic E-state index is 10.8. The Morgan fingerprint density at radius 1 is 1.59 bits per heavy atom. The number of aromatic nitrogens is 2. The lowest BCUT2D eigenvalue weighted by molar-refractivity contribution is -0.118. The molecule has 1 atom stereocenters. The average molecular weight is 257 g/mol. The molecule has 1 rings (SSSR count). The molecule has 5 nitrogen and oxygen atoms in total. The van der Waals surface area contributed by atoms with Crippen LogP contribution in [0.5, 0.6) is 0 Å². The Balaban J connectivity index is 2.72. The summed E-state index contributed by atoms with van der Waals surface area (Å²) >= 11 is 5.89. The SMILES string of the molecule is CCCc1nc(Cl)cc(NC(C)CC(N)=O)n1. The van der Waals surface area contributed by atoms with E-state index in [9.17, 15) is 4.79 Å². The molecular weight excluding hydrogens is 240 g/mol. The Hall–Kier alpha value is -1.36. The van der Waals surface area contributed by atoms with Crippen LogP contribution < -0.4 is 11.1 Å². The van der Waals surface area contributed by atoms with Crippen molar-refractivity contribution in [2.75, 3.05) is 5.32 Å². The number of nitrogens with two attached hydrogens (primary N) is 1. The first-order valence-electron chi connectivity index (χ1n) is 5.59. The van der Waals surface area contributed by atoms with E-state index in [1.54, 1.807) is 6.07 Å². The third-order valence-corrected chi connectivity index (χ3v) is 2.31. The smallest absolute Gasteiger partial charge is 0.219 e. The van der Waals surface area contributed by atoms with Crippen molar-refractivity contribution in [1.29, 1.82) is 0 Å². The normalized spacial score (nSPS) is 12.2. The number of nitrogens with zero attached hydrogens (tertiary/aromatic N) is 2. The minimum Gasteiger partial charge on any atom is -0.370 e. The van der Waals surface area contributed by atoms with E-state index in [1.165, 1.54) is 0 Å². The van der Waals surface area contributed by atoms with Crippen LogP contribution in [0.3, 0.4) is 0 Å². The molecule has 0 bridgehead atoms. The van der Waals surface area contributed by atoms with Gasteiger partial charge in [-0.1, -0.05) is 18.5 Å². The highest BCUT2D eigenvalue weighted by molar-refractivity contribution is 6.29. The van der Waals surface area contributed by atoms with Crippen molar-refractivity contribution in [1.82, 2.24) is 9.97 Å². The Bertz CT molecular complexity index is 397. The Morgan fingerprint density at radius 2 is 2.29 bits per heavy atom. The highest BCUT2D eigenvalue weighted by atomic mass is 35.5. The fraction of sp³-hybridized carbons (Fsp3) is 0.545. The first kappa shape index (κ1) is 13.7. The van der Waals surface area contributed by atoms with Crippen molar-refractivity contribution in [3.8, 4) is 0 Å². The summed E-state index contributed by atoms with van der Waals surface area (Å²) < 4.78 is 0. The minimum absolute atomic E-state index is 0.0760. The second-order valence-corrected chi connectivity index (χ2v) is 4.35. The van der Waals surface area contributed by atoms with Gasteiger partial charge in [-0.2, -0.15) is 0 Å². The Kier molecular flexibility index (Phi) is 5.15. The zero-order valence-corrected chi connectivity index (χ0v) is 10.8. The van der Waals surface area contributed by atoms with E-state index in [0.29, 0.717) is 16.8 Å². The van der Waals surface area contributed by atoms with Crippen LogP contribution in [0.4, 0.5) is 5.82 Å². The van der Waals surface area contributed by atoms with E-state index < -0.39 is 0 Å². The van der Waals surface area contributed by atoms with E-state index in [0.717, 1.165) is 12.8 Å². The standard InChI is InChI=1S/C11H17ClN4O/c1-3-4-10-15-8(12)6-11(16-10)14-7(2)5-9(13)17/h6-7H,3-5H2,1-2H3,(H2,13,17)(H,14,15,16). The van der Waals surface area contributed by atoms with Crippen LogP contribution in [0.15, 0.2) is 6.07 Å². The van der Waals surface area contributed by atoms with Crippen molar-refractivity contribution in [3.63, 3.8) is 0 Å². The number of rotatable bonds is 6. The number of aryl methyl sites for hydroxylation is 1. The maximum absolute atomic E-state index is 10.8. The fourth-order valence-electron chi connectivity index (χ4n) is 1.48. The number of hydrogen-bond donors (Lipinski definition) is 2. The minimum atomic E-state index is -0.348. The molecule has 17 heavy (non-hydrogen) atoms. The fourth-order valence-corrected chi connectivity index (χ4v) is 1.68. The Morgan fingerprint density at radius 3 is 2.88 bits per heavy atom. The number of anilines is 1. The summed E-state index contributed by atoms with van der Waals surface area (Å²) in [6.07, 6.45) is 1.99. The summed E-state index contributed by atoms with van der Waals surface area (Å²) in [6.45, 7) is 3.91. The quantitative estimate of drug-likeness (QED) is 0.760. The molecule has 3 N–H and O–H groups in total. The van der Waals surface area contributed by atoms with Crippen molar-refractivity contribution < 1.29 is 4.79 Å². The molecule has 0 saturated carbocycles. The molecule has 0 radical (unpaired) electrons. The van der Waals surface area contributed by atoms with Gasteiger partial charge in [-0.15, -0.1) is 0 Å². The number of halogens is 1. The second-order valence-electron chi connectivity index (χ2n) is 3.96. The highest BCUT2D eigenvalue weighted by Gasteiger charge is 2.08. The number of carbonyl (C=O) groups is 1. The molecule has 94 valence electrons. The van der Waals surface area contributed by atoms with Crippen LogP contribution >= 0.6 is 11.6 Å². The molecule has 1 heterocycles. The number of nitrogens with one attached hydrogen (secondary N) is 1. The molecule has 0 aliphatic carbocycles. The molecule has 1 unspecified atom stereocenters. The third-order valence-electron chi connectivity index (χ3n) is 2.12. The van der Waals surface area contributed by atoms with Crippen LogP contribution in [0.1, 0.15) is 32.5 Å².